The number of aliphatic carboxylic acids is 1. The molecule has 0 aliphatic carbocycles. The molecule has 0 radical (unpaired) electrons. The smallest absolute Gasteiger partial charge is 0.361 e. The number of oxime groups is 1. The Hall–Kier alpha value is -1.63. The van der Waals surface area contributed by atoms with Gasteiger partial charge in [-0.3, -0.25) is 0 Å². The minimum atomic E-state index is -1.34. The van der Waals surface area contributed by atoms with E-state index in [0.29, 0.717) is 0 Å². The van der Waals surface area contributed by atoms with Gasteiger partial charge < -0.3 is 16.0 Å². The van der Waals surface area contributed by atoms with Gasteiger partial charge in [0, 0.05) is 5.38 Å². The SMILES string of the molecule is Nc1csc(/C(=N/O)C(=O)O)n1. The van der Waals surface area contributed by atoms with E-state index in [1.807, 2.05) is 0 Å². The van der Waals surface area contributed by atoms with Crippen LogP contribution in [0.4, 0.5) is 5.82 Å². The zero-order valence-electron chi connectivity index (χ0n) is 5.76. The molecule has 0 aliphatic rings. The van der Waals surface area contributed by atoms with E-state index in [-0.39, 0.29) is 10.8 Å². The molecule has 0 aliphatic heterocycles. The van der Waals surface area contributed by atoms with Gasteiger partial charge in [-0.25, -0.2) is 9.78 Å². The number of rotatable bonds is 2. The Kier molecular flexibility index (Phi) is 2.24. The molecule has 0 atom stereocenters. The van der Waals surface area contributed by atoms with E-state index >= 15 is 0 Å². The van der Waals surface area contributed by atoms with Crippen molar-refractivity contribution in [1.29, 1.82) is 0 Å². The predicted molar refractivity (Wildman–Crippen MR) is 42.5 cm³/mol. The van der Waals surface area contributed by atoms with Crippen LogP contribution < -0.4 is 5.73 Å². The Balaban J connectivity index is 3.04. The molecule has 4 N–H and O–H groups in total. The molecule has 6 nitrogen and oxygen atoms in total. The van der Waals surface area contributed by atoms with Crippen LogP contribution in [-0.4, -0.2) is 27.0 Å². The highest BCUT2D eigenvalue weighted by molar-refractivity contribution is 7.13. The summed E-state index contributed by atoms with van der Waals surface area (Å²) in [6, 6.07) is 0. The Bertz CT molecular complexity index is 332. The number of aromatic nitrogens is 1. The zero-order valence-corrected chi connectivity index (χ0v) is 6.58. The van der Waals surface area contributed by atoms with Crippen LogP contribution in [0.2, 0.25) is 0 Å². The Morgan fingerprint density at radius 3 is 2.75 bits per heavy atom. The van der Waals surface area contributed by atoms with E-state index in [1.54, 1.807) is 0 Å². The van der Waals surface area contributed by atoms with Crippen molar-refractivity contribution in [2.24, 2.45) is 5.16 Å². The molecule has 1 rings (SSSR count). The zero-order chi connectivity index (χ0) is 9.14. The first-order chi connectivity index (χ1) is 5.65. The highest BCUT2D eigenvalue weighted by Crippen LogP contribution is 2.11. The molecule has 1 aromatic heterocycles. The molecule has 0 amide bonds. The molecule has 12 heavy (non-hydrogen) atoms. The van der Waals surface area contributed by atoms with Gasteiger partial charge in [0.05, 0.1) is 0 Å². The Labute approximate surface area is 71.0 Å². The summed E-state index contributed by atoms with van der Waals surface area (Å²) in [5.41, 5.74) is 4.74. The molecule has 0 saturated carbocycles. The Morgan fingerprint density at radius 1 is 1.75 bits per heavy atom. The van der Waals surface area contributed by atoms with Gasteiger partial charge in [0.25, 0.3) is 0 Å². The standard InChI is InChI=1S/C5H5N3O3S/c6-2-1-12-4(7-2)3(8-11)5(9)10/h1,11H,6H2,(H,9,10)/b8-3-. The van der Waals surface area contributed by atoms with Gasteiger partial charge in [-0.15, -0.1) is 11.3 Å². The number of thiazole rings is 1. The van der Waals surface area contributed by atoms with Gasteiger partial charge >= 0.3 is 5.97 Å². The first-order valence-corrected chi connectivity index (χ1v) is 3.70. The normalized spacial score (nSPS) is 11.5. The highest BCUT2D eigenvalue weighted by atomic mass is 32.1. The van der Waals surface area contributed by atoms with Gasteiger partial charge in [-0.2, -0.15) is 0 Å². The van der Waals surface area contributed by atoms with Crippen molar-refractivity contribution < 1.29 is 15.1 Å². The van der Waals surface area contributed by atoms with Crippen LogP contribution in [0.25, 0.3) is 0 Å². The average molecular weight is 187 g/mol. The summed E-state index contributed by atoms with van der Waals surface area (Å²) < 4.78 is 0. The van der Waals surface area contributed by atoms with Gasteiger partial charge in [0.2, 0.25) is 5.71 Å². The molecule has 0 fully saturated rings. The van der Waals surface area contributed by atoms with Gasteiger partial charge in [0.1, 0.15) is 5.82 Å². The van der Waals surface area contributed by atoms with Crippen molar-refractivity contribution in [2.45, 2.75) is 0 Å². The van der Waals surface area contributed by atoms with Crippen LogP contribution in [0.5, 0.6) is 0 Å². The van der Waals surface area contributed by atoms with Crippen LogP contribution in [0, 0.1) is 0 Å². The largest absolute Gasteiger partial charge is 0.476 e. The van der Waals surface area contributed by atoms with Gasteiger partial charge in [-0.05, 0) is 0 Å². The maximum absolute atomic E-state index is 10.4. The van der Waals surface area contributed by atoms with Crippen molar-refractivity contribution in [3.05, 3.63) is 10.4 Å². The maximum Gasteiger partial charge on any atom is 0.361 e. The van der Waals surface area contributed by atoms with E-state index < -0.39 is 11.7 Å². The molecule has 64 valence electrons. The molecule has 1 aromatic rings. The molecule has 0 spiro atoms. The van der Waals surface area contributed by atoms with Crippen LogP contribution in [-0.2, 0) is 4.79 Å². The Morgan fingerprint density at radius 2 is 2.42 bits per heavy atom. The second-order valence-electron chi connectivity index (χ2n) is 1.83. The van der Waals surface area contributed by atoms with Crippen molar-refractivity contribution >= 4 is 28.8 Å². The molecule has 7 heteroatoms. The average Bonchev–Trinajstić information content (AvgIpc) is 2.37. The van der Waals surface area contributed by atoms with Crippen LogP contribution in [0.15, 0.2) is 10.5 Å². The summed E-state index contributed by atoms with van der Waals surface area (Å²) in [5, 5.41) is 20.9. The van der Waals surface area contributed by atoms with E-state index in [9.17, 15) is 4.79 Å². The number of carboxylic acid groups (broad SMARTS) is 1. The van der Waals surface area contributed by atoms with Gasteiger partial charge in [0.15, 0.2) is 5.01 Å². The highest BCUT2D eigenvalue weighted by Gasteiger charge is 2.16. The van der Waals surface area contributed by atoms with Crippen LogP contribution in [0.3, 0.4) is 0 Å². The summed E-state index contributed by atoms with van der Waals surface area (Å²) in [4.78, 5) is 14.0. The number of hydrogen-bond acceptors (Lipinski definition) is 6. The number of carboxylic acids is 1. The minimum absolute atomic E-state index is 0.0856. The lowest BCUT2D eigenvalue weighted by Crippen LogP contribution is -2.14. The number of carbonyl (C=O) groups is 1. The van der Waals surface area contributed by atoms with E-state index in [2.05, 4.69) is 10.1 Å². The van der Waals surface area contributed by atoms with Crippen molar-refractivity contribution in [1.82, 2.24) is 4.98 Å². The third-order valence-corrected chi connectivity index (χ3v) is 1.89. The fourth-order valence-corrected chi connectivity index (χ4v) is 1.25. The monoisotopic (exact) mass is 187 g/mol. The summed E-state index contributed by atoms with van der Waals surface area (Å²) in [6.45, 7) is 0. The summed E-state index contributed by atoms with van der Waals surface area (Å²) in [5.74, 6) is -1.13. The second kappa shape index (κ2) is 3.18. The third kappa shape index (κ3) is 1.51. The quantitative estimate of drug-likeness (QED) is 0.342. The fraction of sp³-hybridized carbons (Fsp3) is 0. The number of nitrogen functional groups attached to an aromatic ring is 1. The van der Waals surface area contributed by atoms with E-state index in [0.717, 1.165) is 11.3 Å². The molecule has 0 aromatic carbocycles. The molecule has 0 saturated heterocycles. The molecule has 0 unspecified atom stereocenters. The first kappa shape index (κ1) is 8.47. The van der Waals surface area contributed by atoms with Gasteiger partial charge in [-0.1, -0.05) is 5.16 Å². The molecule has 1 heterocycles. The topological polar surface area (TPSA) is 109 Å². The van der Waals surface area contributed by atoms with E-state index in [4.69, 9.17) is 16.0 Å². The lowest BCUT2D eigenvalue weighted by molar-refractivity contribution is -0.129. The predicted octanol–water partition coefficient (Wildman–Crippen LogP) is -0.0118. The molecule has 0 bridgehead atoms. The maximum atomic E-state index is 10.4. The second-order valence-corrected chi connectivity index (χ2v) is 2.69. The van der Waals surface area contributed by atoms with Crippen LogP contribution in [0.1, 0.15) is 5.01 Å². The number of hydrogen-bond donors (Lipinski definition) is 3. The minimum Gasteiger partial charge on any atom is -0.476 e. The number of anilines is 1. The summed E-state index contributed by atoms with van der Waals surface area (Å²) in [7, 11) is 0. The molecular formula is C5H5N3O3S. The summed E-state index contributed by atoms with van der Waals surface area (Å²) in [6.07, 6.45) is 0. The molecular weight excluding hydrogens is 182 g/mol. The first-order valence-electron chi connectivity index (χ1n) is 2.82. The van der Waals surface area contributed by atoms with E-state index in [1.165, 1.54) is 5.38 Å². The fourth-order valence-electron chi connectivity index (χ4n) is 0.572. The van der Waals surface area contributed by atoms with Crippen molar-refractivity contribution in [3.63, 3.8) is 0 Å². The van der Waals surface area contributed by atoms with Crippen molar-refractivity contribution in [2.75, 3.05) is 5.73 Å². The number of nitrogens with zero attached hydrogens (tertiary/aromatic N) is 2. The van der Waals surface area contributed by atoms with Crippen molar-refractivity contribution in [3.8, 4) is 0 Å². The third-order valence-electron chi connectivity index (χ3n) is 1.03. The lowest BCUT2D eigenvalue weighted by Gasteiger charge is -1.90. The lowest BCUT2D eigenvalue weighted by atomic mass is 10.4. The summed E-state index contributed by atoms with van der Waals surface area (Å²) >= 11 is 1.00. The number of nitrogens with two attached hydrogens (primary N) is 1. The van der Waals surface area contributed by atoms with Crippen LogP contribution >= 0.6 is 11.3 Å².